The zero-order chi connectivity index (χ0) is 14.3. The van der Waals surface area contributed by atoms with E-state index < -0.39 is 5.82 Å². The van der Waals surface area contributed by atoms with Crippen LogP contribution in [0.25, 0.3) is 11.0 Å². The normalized spacial score (nSPS) is 23.4. The Labute approximate surface area is 126 Å². The monoisotopic (exact) mass is 313 g/mol. The highest BCUT2D eigenvalue weighted by Crippen LogP contribution is 2.37. The Morgan fingerprint density at radius 2 is 2.05 bits per heavy atom. The van der Waals surface area contributed by atoms with Crippen molar-refractivity contribution in [1.82, 2.24) is 9.55 Å². The third kappa shape index (κ3) is 2.37. The molecule has 1 aliphatic rings. The number of nitrogens with zero attached hydrogens (tertiary/aromatic N) is 2. The van der Waals surface area contributed by atoms with Crippen LogP contribution in [0.5, 0.6) is 0 Å². The van der Waals surface area contributed by atoms with Gasteiger partial charge in [-0.05, 0) is 38.0 Å². The Kier molecular flexibility index (Phi) is 3.82. The van der Waals surface area contributed by atoms with Gasteiger partial charge in [0, 0.05) is 17.4 Å². The van der Waals surface area contributed by atoms with E-state index in [9.17, 15) is 4.39 Å². The Morgan fingerprint density at radius 1 is 1.35 bits per heavy atom. The van der Waals surface area contributed by atoms with Crippen LogP contribution in [0.4, 0.5) is 10.3 Å². The molecule has 0 bridgehead atoms. The molecular formula is C14H17ClFN3S. The van der Waals surface area contributed by atoms with E-state index in [1.807, 2.05) is 16.3 Å². The molecular weight excluding hydrogens is 297 g/mol. The average Bonchev–Trinajstić information content (AvgIpc) is 2.75. The summed E-state index contributed by atoms with van der Waals surface area (Å²) in [7, 11) is 0. The summed E-state index contributed by atoms with van der Waals surface area (Å²) in [4.78, 5) is 4.27. The highest BCUT2D eigenvalue weighted by molar-refractivity contribution is 7.99. The van der Waals surface area contributed by atoms with E-state index >= 15 is 0 Å². The number of hydrogen-bond donors (Lipinski definition) is 1. The van der Waals surface area contributed by atoms with E-state index in [1.165, 1.54) is 18.9 Å². The molecule has 0 saturated heterocycles. The highest BCUT2D eigenvalue weighted by atomic mass is 35.5. The SMILES string of the molecule is CSC1CCC(n2c(N)nc3cc(F)c(Cl)cc32)CC1. The van der Waals surface area contributed by atoms with Gasteiger partial charge in [0.1, 0.15) is 5.82 Å². The third-order valence-electron chi connectivity index (χ3n) is 4.10. The summed E-state index contributed by atoms with van der Waals surface area (Å²) in [5, 5.41) is 0.861. The molecule has 0 aliphatic heterocycles. The first-order chi connectivity index (χ1) is 9.60. The van der Waals surface area contributed by atoms with E-state index in [4.69, 9.17) is 17.3 Å². The molecule has 1 saturated carbocycles. The topological polar surface area (TPSA) is 43.8 Å². The molecule has 0 unspecified atom stereocenters. The van der Waals surface area contributed by atoms with Crippen LogP contribution < -0.4 is 5.73 Å². The smallest absolute Gasteiger partial charge is 0.201 e. The first-order valence-corrected chi connectivity index (χ1v) is 8.42. The van der Waals surface area contributed by atoms with E-state index in [0.29, 0.717) is 17.5 Å². The summed E-state index contributed by atoms with van der Waals surface area (Å²) in [6.07, 6.45) is 6.68. The average molecular weight is 314 g/mol. The van der Waals surface area contributed by atoms with Crippen LogP contribution >= 0.6 is 23.4 Å². The second-order valence-corrected chi connectivity index (χ2v) is 6.81. The van der Waals surface area contributed by atoms with Crippen molar-refractivity contribution in [2.45, 2.75) is 37.0 Å². The lowest BCUT2D eigenvalue weighted by atomic mass is 9.94. The summed E-state index contributed by atoms with van der Waals surface area (Å²) in [6.45, 7) is 0. The van der Waals surface area contributed by atoms with Crippen LogP contribution in [0.2, 0.25) is 5.02 Å². The van der Waals surface area contributed by atoms with Gasteiger partial charge in [-0.3, -0.25) is 0 Å². The molecule has 0 spiro atoms. The molecule has 3 nitrogen and oxygen atoms in total. The number of benzene rings is 1. The fourth-order valence-electron chi connectivity index (χ4n) is 3.03. The van der Waals surface area contributed by atoms with Gasteiger partial charge in [0.05, 0.1) is 16.1 Å². The van der Waals surface area contributed by atoms with Crippen LogP contribution in [0.3, 0.4) is 0 Å². The number of imidazole rings is 1. The molecule has 1 heterocycles. The van der Waals surface area contributed by atoms with Gasteiger partial charge in [-0.2, -0.15) is 11.8 Å². The van der Waals surface area contributed by atoms with Crippen LogP contribution in [-0.2, 0) is 0 Å². The predicted molar refractivity (Wildman–Crippen MR) is 83.9 cm³/mol. The number of halogens is 2. The number of aromatic nitrogens is 2. The van der Waals surface area contributed by atoms with Gasteiger partial charge in [-0.1, -0.05) is 11.6 Å². The zero-order valence-corrected chi connectivity index (χ0v) is 12.8. The maximum Gasteiger partial charge on any atom is 0.201 e. The standard InChI is InChI=1S/C14H17ClFN3S/c1-20-9-4-2-8(3-5-9)19-13-6-10(15)11(16)7-12(13)18-14(19)17/h6-9H,2-5H2,1H3,(H2,17,18). The molecule has 2 aromatic rings. The Balaban J connectivity index is 1.99. The first kappa shape index (κ1) is 14.0. The predicted octanol–water partition coefficient (Wildman–Crippen LogP) is 4.26. The van der Waals surface area contributed by atoms with Crippen molar-refractivity contribution in [3.63, 3.8) is 0 Å². The van der Waals surface area contributed by atoms with Crippen molar-refractivity contribution in [2.24, 2.45) is 0 Å². The summed E-state index contributed by atoms with van der Waals surface area (Å²) in [5.74, 6) is 0.00387. The van der Waals surface area contributed by atoms with E-state index in [1.54, 1.807) is 6.07 Å². The summed E-state index contributed by atoms with van der Waals surface area (Å²) < 4.78 is 15.5. The van der Waals surface area contributed by atoms with Gasteiger partial charge in [0.25, 0.3) is 0 Å². The number of nitrogens with two attached hydrogens (primary N) is 1. The number of thioether (sulfide) groups is 1. The second-order valence-electron chi connectivity index (χ2n) is 5.26. The zero-order valence-electron chi connectivity index (χ0n) is 11.3. The van der Waals surface area contributed by atoms with Crippen molar-refractivity contribution in [2.75, 3.05) is 12.0 Å². The Bertz CT molecular complexity index is 635. The van der Waals surface area contributed by atoms with Crippen LogP contribution in [-0.4, -0.2) is 21.1 Å². The third-order valence-corrected chi connectivity index (χ3v) is 5.53. The van der Waals surface area contributed by atoms with Crippen molar-refractivity contribution in [3.05, 3.63) is 23.0 Å². The molecule has 1 aliphatic carbocycles. The minimum atomic E-state index is -0.449. The number of nitrogen functional groups attached to an aromatic ring is 1. The van der Waals surface area contributed by atoms with Crippen molar-refractivity contribution >= 4 is 40.3 Å². The molecule has 108 valence electrons. The molecule has 6 heteroatoms. The van der Waals surface area contributed by atoms with Gasteiger partial charge in [0.2, 0.25) is 5.95 Å². The van der Waals surface area contributed by atoms with E-state index in [-0.39, 0.29) is 5.02 Å². The molecule has 3 rings (SSSR count). The molecule has 20 heavy (non-hydrogen) atoms. The number of anilines is 1. The molecule has 1 aromatic heterocycles. The maximum absolute atomic E-state index is 13.5. The Morgan fingerprint density at radius 3 is 2.70 bits per heavy atom. The van der Waals surface area contributed by atoms with Gasteiger partial charge < -0.3 is 10.3 Å². The lowest BCUT2D eigenvalue weighted by Crippen LogP contribution is -2.20. The highest BCUT2D eigenvalue weighted by Gasteiger charge is 2.25. The van der Waals surface area contributed by atoms with Crippen LogP contribution in [0, 0.1) is 5.82 Å². The molecule has 0 radical (unpaired) electrons. The van der Waals surface area contributed by atoms with E-state index in [2.05, 4.69) is 11.2 Å². The fraction of sp³-hybridized carbons (Fsp3) is 0.500. The number of rotatable bonds is 2. The molecule has 0 amide bonds. The van der Waals surface area contributed by atoms with Gasteiger partial charge in [0.15, 0.2) is 0 Å². The van der Waals surface area contributed by atoms with E-state index in [0.717, 1.165) is 23.6 Å². The largest absolute Gasteiger partial charge is 0.369 e. The number of hydrogen-bond acceptors (Lipinski definition) is 3. The van der Waals surface area contributed by atoms with Crippen molar-refractivity contribution < 1.29 is 4.39 Å². The van der Waals surface area contributed by atoms with Gasteiger partial charge in [-0.15, -0.1) is 0 Å². The van der Waals surface area contributed by atoms with Crippen LogP contribution in [0.15, 0.2) is 12.1 Å². The fourth-order valence-corrected chi connectivity index (χ4v) is 3.93. The quantitative estimate of drug-likeness (QED) is 0.901. The summed E-state index contributed by atoms with van der Waals surface area (Å²) >= 11 is 7.82. The minimum absolute atomic E-state index is 0.122. The maximum atomic E-state index is 13.5. The molecule has 1 aromatic carbocycles. The van der Waals surface area contributed by atoms with Crippen molar-refractivity contribution in [3.8, 4) is 0 Å². The lowest BCUT2D eigenvalue weighted by Gasteiger charge is -2.29. The summed E-state index contributed by atoms with van der Waals surface area (Å²) in [6, 6.07) is 3.33. The van der Waals surface area contributed by atoms with Gasteiger partial charge >= 0.3 is 0 Å². The van der Waals surface area contributed by atoms with Crippen molar-refractivity contribution in [1.29, 1.82) is 0 Å². The summed E-state index contributed by atoms with van der Waals surface area (Å²) in [5.41, 5.74) is 7.45. The second kappa shape index (κ2) is 5.45. The van der Waals surface area contributed by atoms with Gasteiger partial charge in [-0.25, -0.2) is 9.37 Å². The number of fused-ring (bicyclic) bond motifs is 1. The Hall–Kier alpha value is -0.940. The van der Waals surface area contributed by atoms with Crippen LogP contribution in [0.1, 0.15) is 31.7 Å². The minimum Gasteiger partial charge on any atom is -0.369 e. The molecule has 0 atom stereocenters. The molecule has 1 fully saturated rings. The molecule has 2 N–H and O–H groups in total. The first-order valence-electron chi connectivity index (χ1n) is 6.75. The lowest BCUT2D eigenvalue weighted by molar-refractivity contribution is 0.370.